The van der Waals surface area contributed by atoms with Crippen molar-refractivity contribution in [1.29, 1.82) is 0 Å². The van der Waals surface area contributed by atoms with E-state index >= 15 is 0 Å². The highest BCUT2D eigenvalue weighted by molar-refractivity contribution is 5.78. The predicted octanol–water partition coefficient (Wildman–Crippen LogP) is 2.77. The lowest BCUT2D eigenvalue weighted by atomic mass is 9.85. The Morgan fingerprint density at radius 2 is 1.87 bits per heavy atom. The second-order valence-electron chi connectivity index (χ2n) is 6.31. The van der Waals surface area contributed by atoms with Crippen molar-refractivity contribution < 1.29 is 24.2 Å². The van der Waals surface area contributed by atoms with Crippen LogP contribution in [0.25, 0.3) is 0 Å². The summed E-state index contributed by atoms with van der Waals surface area (Å²) in [5.41, 5.74) is 0.234. The Kier molecular flexibility index (Phi) is 6.42. The van der Waals surface area contributed by atoms with Gasteiger partial charge in [-0.25, -0.2) is 0 Å². The second kappa shape index (κ2) is 7.85. The first-order valence-electron chi connectivity index (χ1n) is 7.41. The van der Waals surface area contributed by atoms with Crippen LogP contribution >= 0.6 is 0 Å². The van der Waals surface area contributed by atoms with Crippen molar-refractivity contribution in [3.05, 3.63) is 23.8 Å². The average molecular weight is 323 g/mol. The maximum absolute atomic E-state index is 12.2. The first-order chi connectivity index (χ1) is 10.7. The Bertz CT molecular complexity index is 568. The van der Waals surface area contributed by atoms with E-state index in [-0.39, 0.29) is 24.8 Å². The standard InChI is InChI=1S/C17H25NO5/c1-11(13-7-6-12(22-4)8-14(13)23-5)18-15(19)9-17(2,3)10-16(20)21/h6-8,11H,9-10H2,1-5H3,(H,18,19)(H,20,21)/t11-/m1/s1. The van der Waals surface area contributed by atoms with E-state index in [1.165, 1.54) is 0 Å². The number of carbonyl (C=O) groups excluding carboxylic acids is 1. The van der Waals surface area contributed by atoms with Crippen LogP contribution in [0.4, 0.5) is 0 Å². The van der Waals surface area contributed by atoms with Crippen molar-refractivity contribution in [3.8, 4) is 11.5 Å². The number of amides is 1. The van der Waals surface area contributed by atoms with Crippen molar-refractivity contribution in [3.63, 3.8) is 0 Å². The molecule has 0 bridgehead atoms. The minimum absolute atomic E-state index is 0.0549. The Morgan fingerprint density at radius 3 is 2.39 bits per heavy atom. The van der Waals surface area contributed by atoms with E-state index in [0.29, 0.717) is 11.5 Å². The van der Waals surface area contributed by atoms with Crippen molar-refractivity contribution >= 4 is 11.9 Å². The van der Waals surface area contributed by atoms with Gasteiger partial charge in [-0.3, -0.25) is 9.59 Å². The summed E-state index contributed by atoms with van der Waals surface area (Å²) in [6.07, 6.45) is 0.0861. The molecule has 1 aromatic rings. The van der Waals surface area contributed by atoms with Crippen LogP contribution < -0.4 is 14.8 Å². The lowest BCUT2D eigenvalue weighted by Crippen LogP contribution is -2.32. The Labute approximate surface area is 136 Å². The van der Waals surface area contributed by atoms with Gasteiger partial charge in [-0.05, 0) is 24.5 Å². The van der Waals surface area contributed by atoms with Crippen LogP contribution in [-0.2, 0) is 9.59 Å². The fourth-order valence-corrected chi connectivity index (χ4v) is 2.45. The minimum atomic E-state index is -0.910. The summed E-state index contributed by atoms with van der Waals surface area (Å²) in [6.45, 7) is 5.38. The number of rotatable bonds is 8. The van der Waals surface area contributed by atoms with Crippen LogP contribution in [0.5, 0.6) is 11.5 Å². The summed E-state index contributed by atoms with van der Waals surface area (Å²) in [7, 11) is 3.13. The Hall–Kier alpha value is -2.24. The zero-order chi connectivity index (χ0) is 17.6. The number of nitrogens with one attached hydrogen (secondary N) is 1. The fraction of sp³-hybridized carbons (Fsp3) is 0.529. The van der Waals surface area contributed by atoms with Gasteiger partial charge in [0.25, 0.3) is 0 Å². The van der Waals surface area contributed by atoms with Crippen LogP contribution in [0.15, 0.2) is 18.2 Å². The number of hydrogen-bond acceptors (Lipinski definition) is 4. The SMILES string of the molecule is COc1ccc([C@@H](C)NC(=O)CC(C)(C)CC(=O)O)c(OC)c1. The highest BCUT2D eigenvalue weighted by Crippen LogP contribution is 2.30. The van der Waals surface area contributed by atoms with Crippen LogP contribution in [0, 0.1) is 5.41 Å². The molecule has 1 rings (SSSR count). The molecule has 6 heteroatoms. The van der Waals surface area contributed by atoms with Crippen LogP contribution in [0.1, 0.15) is 45.2 Å². The molecule has 0 aliphatic heterocycles. The van der Waals surface area contributed by atoms with Gasteiger partial charge in [0.05, 0.1) is 26.7 Å². The van der Waals surface area contributed by atoms with E-state index in [1.807, 2.05) is 13.0 Å². The van der Waals surface area contributed by atoms with Gasteiger partial charge in [0.2, 0.25) is 5.91 Å². The van der Waals surface area contributed by atoms with E-state index in [0.717, 1.165) is 5.56 Å². The summed E-state index contributed by atoms with van der Waals surface area (Å²) in [5.74, 6) is 0.197. The molecule has 0 unspecified atom stereocenters. The molecular weight excluding hydrogens is 298 g/mol. The maximum Gasteiger partial charge on any atom is 0.303 e. The number of benzene rings is 1. The van der Waals surface area contributed by atoms with E-state index in [9.17, 15) is 9.59 Å². The fourth-order valence-electron chi connectivity index (χ4n) is 2.45. The molecule has 0 aliphatic rings. The molecular formula is C17H25NO5. The topological polar surface area (TPSA) is 84.9 Å². The summed E-state index contributed by atoms with van der Waals surface area (Å²) in [4.78, 5) is 23.0. The second-order valence-corrected chi connectivity index (χ2v) is 6.31. The van der Waals surface area contributed by atoms with Gasteiger partial charge >= 0.3 is 5.97 Å². The molecule has 0 saturated carbocycles. The van der Waals surface area contributed by atoms with Crippen molar-refractivity contribution in [2.75, 3.05) is 14.2 Å². The molecule has 0 aliphatic carbocycles. The molecule has 1 atom stereocenters. The molecule has 0 fully saturated rings. The first-order valence-corrected chi connectivity index (χ1v) is 7.41. The van der Waals surface area contributed by atoms with Crippen LogP contribution in [0.2, 0.25) is 0 Å². The van der Waals surface area contributed by atoms with Crippen molar-refractivity contribution in [2.24, 2.45) is 5.41 Å². The Balaban J connectivity index is 2.77. The summed E-state index contributed by atoms with van der Waals surface area (Å²) in [5, 5.41) is 11.8. The third-order valence-corrected chi connectivity index (χ3v) is 3.55. The molecule has 2 N–H and O–H groups in total. The number of methoxy groups -OCH3 is 2. The average Bonchev–Trinajstić information content (AvgIpc) is 2.43. The smallest absolute Gasteiger partial charge is 0.303 e. The molecule has 1 amide bonds. The third kappa shape index (κ3) is 5.81. The highest BCUT2D eigenvalue weighted by atomic mass is 16.5. The molecule has 0 spiro atoms. The van der Waals surface area contributed by atoms with E-state index in [4.69, 9.17) is 14.6 Å². The van der Waals surface area contributed by atoms with Crippen molar-refractivity contribution in [1.82, 2.24) is 5.32 Å². The largest absolute Gasteiger partial charge is 0.497 e. The monoisotopic (exact) mass is 323 g/mol. The molecule has 6 nitrogen and oxygen atoms in total. The quantitative estimate of drug-likeness (QED) is 0.768. The van der Waals surface area contributed by atoms with E-state index < -0.39 is 11.4 Å². The number of carboxylic acid groups (broad SMARTS) is 1. The lowest BCUT2D eigenvalue weighted by Gasteiger charge is -2.24. The molecule has 0 radical (unpaired) electrons. The predicted molar refractivity (Wildman–Crippen MR) is 86.8 cm³/mol. The number of carboxylic acids is 1. The minimum Gasteiger partial charge on any atom is -0.497 e. The zero-order valence-electron chi connectivity index (χ0n) is 14.3. The number of carbonyl (C=O) groups is 2. The zero-order valence-corrected chi connectivity index (χ0v) is 14.3. The van der Waals surface area contributed by atoms with Gasteiger partial charge in [-0.15, -0.1) is 0 Å². The van der Waals surface area contributed by atoms with Gasteiger partial charge in [-0.2, -0.15) is 0 Å². The number of aliphatic carboxylic acids is 1. The Morgan fingerprint density at radius 1 is 1.22 bits per heavy atom. The van der Waals surface area contributed by atoms with Crippen LogP contribution in [-0.4, -0.2) is 31.2 Å². The van der Waals surface area contributed by atoms with E-state index in [1.54, 1.807) is 40.2 Å². The van der Waals surface area contributed by atoms with Gasteiger partial charge in [0.15, 0.2) is 0 Å². The maximum atomic E-state index is 12.2. The van der Waals surface area contributed by atoms with E-state index in [2.05, 4.69) is 5.32 Å². The van der Waals surface area contributed by atoms with Crippen LogP contribution in [0.3, 0.4) is 0 Å². The number of hydrogen-bond donors (Lipinski definition) is 2. The van der Waals surface area contributed by atoms with Crippen molar-refractivity contribution in [2.45, 2.75) is 39.7 Å². The van der Waals surface area contributed by atoms with Gasteiger partial charge in [-0.1, -0.05) is 13.8 Å². The molecule has 0 heterocycles. The van der Waals surface area contributed by atoms with Gasteiger partial charge in [0.1, 0.15) is 11.5 Å². The molecule has 0 aromatic heterocycles. The van der Waals surface area contributed by atoms with Gasteiger partial charge < -0.3 is 19.9 Å². The van der Waals surface area contributed by atoms with Gasteiger partial charge in [0, 0.05) is 18.1 Å². The summed E-state index contributed by atoms with van der Waals surface area (Å²) in [6, 6.07) is 5.13. The molecule has 128 valence electrons. The third-order valence-electron chi connectivity index (χ3n) is 3.55. The summed E-state index contributed by atoms with van der Waals surface area (Å²) >= 11 is 0. The number of ether oxygens (including phenoxy) is 2. The highest BCUT2D eigenvalue weighted by Gasteiger charge is 2.26. The first kappa shape index (κ1) is 18.8. The molecule has 23 heavy (non-hydrogen) atoms. The summed E-state index contributed by atoms with van der Waals surface area (Å²) < 4.78 is 10.5. The molecule has 1 aromatic carbocycles. The lowest BCUT2D eigenvalue weighted by molar-refractivity contribution is -0.139. The molecule has 0 saturated heterocycles. The normalized spacial score (nSPS) is 12.4.